The van der Waals surface area contributed by atoms with Gasteiger partial charge in [0.15, 0.2) is 0 Å². The maximum absolute atomic E-state index is 14.6. The van der Waals surface area contributed by atoms with Crippen molar-refractivity contribution >= 4 is 80.7 Å². The molecular formula is C43H68N12O11S2. The van der Waals surface area contributed by atoms with E-state index in [1.165, 1.54) is 11.8 Å². The molecule has 2 aliphatic rings. The summed E-state index contributed by atoms with van der Waals surface area (Å²) in [4.78, 5) is 136. The Morgan fingerprint density at radius 2 is 1.49 bits per heavy atom. The van der Waals surface area contributed by atoms with E-state index in [-0.39, 0.29) is 38.1 Å². The third-order valence-corrected chi connectivity index (χ3v) is 14.9. The summed E-state index contributed by atoms with van der Waals surface area (Å²) < 4.78 is -1.12. The van der Waals surface area contributed by atoms with Crippen molar-refractivity contribution in [2.75, 3.05) is 25.4 Å². The van der Waals surface area contributed by atoms with Gasteiger partial charge in [-0.2, -0.15) is 0 Å². The standard InChI is InChI=1S/C43H68N12O11S2/c1-6-22(2)32-39(63)54-33(23(3)56)40(64)50-27(19-30(45)57)36(60)52-28(42(66)55-17-11-15-29(55)38(62)49-25(14-10-16-44)35(59)48-20-31(46)58)21-67-68-43(4,5)34(47)41(65)51-26(37(61)53-32)18-24-12-8-7-9-13-24/h7-9,12-13,22-23,25-29,32-34,56H,6,10-11,14-21,44,47H2,1-5H3,(H2,45,57)(H2,46,58)(H,48,59)(H,49,62)(H,50,64)(H,51,65)(H,52,60)(H,53,61)(H,54,63)/t22-,23+,25-,26+,27-,28-,29-,32?,33-,34+/m0/s1. The first-order valence-electron chi connectivity index (χ1n) is 22.5. The highest BCUT2D eigenvalue weighted by atomic mass is 33.1. The normalized spacial score (nSPS) is 25.7. The van der Waals surface area contributed by atoms with Crippen molar-refractivity contribution in [2.45, 2.75) is 139 Å². The van der Waals surface area contributed by atoms with Crippen molar-refractivity contribution in [3.63, 3.8) is 0 Å². The van der Waals surface area contributed by atoms with E-state index in [2.05, 4.69) is 37.2 Å². The second-order valence-corrected chi connectivity index (χ2v) is 20.5. The third-order valence-electron chi connectivity index (χ3n) is 11.6. The van der Waals surface area contributed by atoms with Gasteiger partial charge in [-0.25, -0.2) is 0 Å². The summed E-state index contributed by atoms with van der Waals surface area (Å²) >= 11 is 0. The molecule has 1 aromatic carbocycles. The highest BCUT2D eigenvalue weighted by Gasteiger charge is 2.42. The first-order valence-corrected chi connectivity index (χ1v) is 24.8. The molecule has 2 fully saturated rings. The van der Waals surface area contributed by atoms with E-state index in [0.29, 0.717) is 24.8 Å². The van der Waals surface area contributed by atoms with Gasteiger partial charge in [0.05, 0.1) is 25.1 Å². The van der Waals surface area contributed by atoms with Crippen LogP contribution in [0.4, 0.5) is 0 Å². The van der Waals surface area contributed by atoms with Gasteiger partial charge in [-0.1, -0.05) is 72.2 Å². The summed E-state index contributed by atoms with van der Waals surface area (Å²) in [6.07, 6.45) is -1.09. The molecule has 2 aliphatic heterocycles. The SMILES string of the molecule is CC[C@H](C)C1NC(=O)[C@@H](Cc2ccccc2)NC(=O)[C@@H](N)C(C)(C)SSC[C@@H](C(=O)N2CCC[C@H]2C(=O)N[C@@H](CCCN)C(=O)NCC(N)=O)NC(=O)[C@H](CC(N)=O)NC(=O)[C@H]([C@@H](C)O)NC1=O. The number of carbonyl (C=O) groups is 10. The predicted molar refractivity (Wildman–Crippen MR) is 254 cm³/mol. The fourth-order valence-electron chi connectivity index (χ4n) is 7.32. The number of likely N-dealkylation sites (tertiary alicyclic amines) is 1. The van der Waals surface area contributed by atoms with Crippen LogP contribution in [0.25, 0.3) is 0 Å². The zero-order valence-corrected chi connectivity index (χ0v) is 40.7. The fraction of sp³-hybridized carbons (Fsp3) is 0.628. The van der Waals surface area contributed by atoms with E-state index in [0.717, 1.165) is 21.6 Å². The van der Waals surface area contributed by atoms with Crippen molar-refractivity contribution in [1.82, 2.24) is 42.1 Å². The molecule has 10 amide bonds. The van der Waals surface area contributed by atoms with Crippen LogP contribution in [-0.4, -0.2) is 154 Å². The largest absolute Gasteiger partial charge is 0.391 e. The van der Waals surface area contributed by atoms with Gasteiger partial charge in [0.1, 0.15) is 42.3 Å². The van der Waals surface area contributed by atoms with Crippen molar-refractivity contribution in [3.05, 3.63) is 35.9 Å². The molecule has 16 N–H and O–H groups in total. The number of aliphatic hydroxyl groups is 1. The molecule has 25 heteroatoms. The van der Waals surface area contributed by atoms with Crippen LogP contribution in [0, 0.1) is 5.92 Å². The Morgan fingerprint density at radius 3 is 2.09 bits per heavy atom. The lowest BCUT2D eigenvalue weighted by molar-refractivity contribution is -0.142. The molecule has 0 radical (unpaired) electrons. The molecule has 0 bridgehead atoms. The van der Waals surface area contributed by atoms with E-state index in [1.54, 1.807) is 58.0 Å². The molecule has 1 aromatic rings. The quantitative estimate of drug-likeness (QED) is 0.0709. The third kappa shape index (κ3) is 16.9. The Balaban J connectivity index is 2.08. The van der Waals surface area contributed by atoms with Gasteiger partial charge in [0.2, 0.25) is 59.1 Å². The smallest absolute Gasteiger partial charge is 0.246 e. The molecule has 0 saturated carbocycles. The van der Waals surface area contributed by atoms with Gasteiger partial charge >= 0.3 is 0 Å². The summed E-state index contributed by atoms with van der Waals surface area (Å²) in [7, 11) is 2.12. The van der Waals surface area contributed by atoms with Gasteiger partial charge in [-0.05, 0) is 64.5 Å². The minimum Gasteiger partial charge on any atom is -0.391 e. The van der Waals surface area contributed by atoms with E-state index >= 15 is 0 Å². The molecule has 23 nitrogen and oxygen atoms in total. The maximum atomic E-state index is 14.6. The summed E-state index contributed by atoms with van der Waals surface area (Å²) in [5.74, 6) is -9.32. The zero-order chi connectivity index (χ0) is 50.9. The Morgan fingerprint density at radius 1 is 0.868 bits per heavy atom. The zero-order valence-electron chi connectivity index (χ0n) is 39.0. The number of hydrogen-bond acceptors (Lipinski definition) is 15. The van der Waals surface area contributed by atoms with Crippen molar-refractivity contribution < 1.29 is 53.1 Å². The molecule has 0 aromatic heterocycles. The van der Waals surface area contributed by atoms with Crippen LogP contribution in [0.2, 0.25) is 0 Å². The summed E-state index contributed by atoms with van der Waals surface area (Å²) in [6, 6.07) is -2.28. The number of amides is 10. The number of hydrogen-bond donors (Lipinski definition) is 12. The average molecular weight is 993 g/mol. The summed E-state index contributed by atoms with van der Waals surface area (Å²) in [5, 5.41) is 28.6. The molecule has 378 valence electrons. The first kappa shape index (κ1) is 56.8. The Labute approximate surface area is 403 Å². The molecule has 0 aliphatic carbocycles. The minimum absolute atomic E-state index is 0.00188. The van der Waals surface area contributed by atoms with Crippen molar-refractivity contribution in [3.8, 4) is 0 Å². The monoisotopic (exact) mass is 992 g/mol. The number of nitrogens with zero attached hydrogens (tertiary/aromatic N) is 1. The topological polar surface area (TPSA) is 382 Å². The van der Waals surface area contributed by atoms with Gasteiger partial charge in [-0.15, -0.1) is 0 Å². The predicted octanol–water partition coefficient (Wildman–Crippen LogP) is -3.73. The van der Waals surface area contributed by atoms with Crippen LogP contribution in [0.1, 0.15) is 78.7 Å². The molecular weight excluding hydrogens is 925 g/mol. The molecule has 3 rings (SSSR count). The number of rotatable bonds is 16. The lowest BCUT2D eigenvalue weighted by Crippen LogP contribution is -2.63. The van der Waals surface area contributed by atoms with Crippen molar-refractivity contribution in [2.24, 2.45) is 28.9 Å². The Bertz CT molecular complexity index is 1980. The first-order chi connectivity index (χ1) is 32.0. The molecule has 0 spiro atoms. The molecule has 68 heavy (non-hydrogen) atoms. The fourth-order valence-corrected chi connectivity index (χ4v) is 10.1. The summed E-state index contributed by atoms with van der Waals surface area (Å²) in [5.41, 5.74) is 23.6. The second-order valence-electron chi connectivity index (χ2n) is 17.5. The van der Waals surface area contributed by atoms with E-state index in [4.69, 9.17) is 22.9 Å². The number of benzene rings is 1. The Hall–Kier alpha value is -5.50. The second kappa shape index (κ2) is 26.9. The molecule has 2 heterocycles. The number of nitrogens with two attached hydrogens (primary N) is 4. The number of nitrogens with one attached hydrogen (secondary N) is 7. The lowest BCUT2D eigenvalue weighted by Gasteiger charge is -2.33. The van der Waals surface area contributed by atoms with E-state index in [1.807, 2.05) is 0 Å². The van der Waals surface area contributed by atoms with Gasteiger partial charge in [0.25, 0.3) is 0 Å². The van der Waals surface area contributed by atoms with Crippen molar-refractivity contribution in [1.29, 1.82) is 0 Å². The van der Waals surface area contributed by atoms with E-state index in [9.17, 15) is 53.1 Å². The number of carbonyl (C=O) groups excluding carboxylic acids is 10. The molecule has 2 saturated heterocycles. The van der Waals surface area contributed by atoms with E-state index < -0.39 is 137 Å². The van der Waals surface area contributed by atoms with Crippen LogP contribution >= 0.6 is 21.6 Å². The maximum Gasteiger partial charge on any atom is 0.246 e. The van der Waals surface area contributed by atoms with Crippen LogP contribution in [0.3, 0.4) is 0 Å². The average Bonchev–Trinajstić information content (AvgIpc) is 3.79. The van der Waals surface area contributed by atoms with Gasteiger partial charge < -0.3 is 70.2 Å². The van der Waals surface area contributed by atoms with Crippen LogP contribution in [-0.2, 0) is 54.4 Å². The van der Waals surface area contributed by atoms with Gasteiger partial charge in [-0.3, -0.25) is 47.9 Å². The highest BCUT2D eigenvalue weighted by molar-refractivity contribution is 8.77. The van der Waals surface area contributed by atoms with Crippen LogP contribution < -0.4 is 60.2 Å². The number of primary amides is 2. The minimum atomic E-state index is -1.76. The lowest BCUT2D eigenvalue weighted by atomic mass is 9.96. The van der Waals surface area contributed by atoms with Crippen LogP contribution in [0.5, 0.6) is 0 Å². The Kier molecular flexibility index (Phi) is 22.5. The highest BCUT2D eigenvalue weighted by Crippen LogP contribution is 2.38. The molecule has 1 unspecified atom stereocenters. The summed E-state index contributed by atoms with van der Waals surface area (Å²) in [6.45, 7) is 7.69. The van der Waals surface area contributed by atoms with Crippen LogP contribution in [0.15, 0.2) is 30.3 Å². The number of aliphatic hydroxyl groups excluding tert-OH is 1. The molecule has 10 atom stereocenters. The van der Waals surface area contributed by atoms with Gasteiger partial charge in [0, 0.05) is 23.5 Å².